The van der Waals surface area contributed by atoms with Crippen molar-refractivity contribution in [2.24, 2.45) is 0 Å². The van der Waals surface area contributed by atoms with Crippen molar-refractivity contribution in [2.45, 2.75) is 0 Å². The van der Waals surface area contributed by atoms with Gasteiger partial charge in [0.05, 0.1) is 37.6 Å². The number of ether oxygens (including phenoxy) is 2. The fourth-order valence-electron chi connectivity index (χ4n) is 2.85. The normalized spacial score (nSPS) is 10.8. The summed E-state index contributed by atoms with van der Waals surface area (Å²) in [6, 6.07) is 7.10. The number of methoxy groups -OCH3 is 2. The SMILES string of the molecule is COc1ccc2c(nc(NC(=O)c3cccnc3)[n+]3cc[nH]c23)c1OC. The number of hydrogen-bond donors (Lipinski definition) is 2. The average Bonchev–Trinajstić information content (AvgIpc) is 3.18. The van der Waals surface area contributed by atoms with Crippen molar-refractivity contribution in [1.29, 1.82) is 0 Å². The lowest BCUT2D eigenvalue weighted by molar-refractivity contribution is -0.495. The molecule has 0 saturated carbocycles. The van der Waals surface area contributed by atoms with Crippen LogP contribution in [0.1, 0.15) is 10.4 Å². The number of aromatic nitrogens is 4. The van der Waals surface area contributed by atoms with Gasteiger partial charge in [-0.1, -0.05) is 0 Å². The average molecular weight is 350 g/mol. The Hall–Kier alpha value is -3.68. The van der Waals surface area contributed by atoms with E-state index in [1.807, 2.05) is 12.1 Å². The Morgan fingerprint density at radius 1 is 1.23 bits per heavy atom. The van der Waals surface area contributed by atoms with E-state index in [4.69, 9.17) is 9.47 Å². The first-order chi connectivity index (χ1) is 12.7. The minimum Gasteiger partial charge on any atom is -0.493 e. The van der Waals surface area contributed by atoms with Crippen LogP contribution in [0.5, 0.6) is 11.5 Å². The quantitative estimate of drug-likeness (QED) is 0.549. The molecule has 8 heteroatoms. The third-order valence-electron chi connectivity index (χ3n) is 4.05. The Kier molecular flexibility index (Phi) is 3.85. The molecule has 0 bridgehead atoms. The van der Waals surface area contributed by atoms with Crippen molar-refractivity contribution >= 4 is 28.4 Å². The first-order valence-corrected chi connectivity index (χ1v) is 7.87. The van der Waals surface area contributed by atoms with Crippen LogP contribution in [0.2, 0.25) is 0 Å². The van der Waals surface area contributed by atoms with Gasteiger partial charge in [0.2, 0.25) is 5.65 Å². The summed E-state index contributed by atoms with van der Waals surface area (Å²) in [5.41, 5.74) is 1.80. The molecule has 130 valence electrons. The van der Waals surface area contributed by atoms with Crippen molar-refractivity contribution in [2.75, 3.05) is 19.5 Å². The van der Waals surface area contributed by atoms with Gasteiger partial charge in [-0.25, -0.2) is 5.32 Å². The summed E-state index contributed by atoms with van der Waals surface area (Å²) in [6.45, 7) is 0. The number of H-pyrrole nitrogens is 1. The van der Waals surface area contributed by atoms with Gasteiger partial charge < -0.3 is 9.47 Å². The van der Waals surface area contributed by atoms with E-state index in [0.29, 0.717) is 28.5 Å². The monoisotopic (exact) mass is 350 g/mol. The lowest BCUT2D eigenvalue weighted by Crippen LogP contribution is -2.29. The number of nitrogens with zero attached hydrogens (tertiary/aromatic N) is 3. The molecule has 0 aliphatic rings. The predicted octanol–water partition coefficient (Wildman–Crippen LogP) is 1.97. The number of aromatic amines is 1. The number of amides is 1. The Morgan fingerprint density at radius 2 is 2.12 bits per heavy atom. The van der Waals surface area contributed by atoms with Crippen LogP contribution in [0.25, 0.3) is 16.6 Å². The number of nitrogens with one attached hydrogen (secondary N) is 2. The predicted molar refractivity (Wildman–Crippen MR) is 94.5 cm³/mol. The molecule has 4 aromatic rings. The Labute approximate surface area is 148 Å². The summed E-state index contributed by atoms with van der Waals surface area (Å²) in [4.78, 5) is 24.3. The third kappa shape index (κ3) is 2.48. The van der Waals surface area contributed by atoms with E-state index in [1.54, 1.807) is 49.3 Å². The highest BCUT2D eigenvalue weighted by molar-refractivity contribution is 6.03. The number of imidazole rings is 1. The minimum absolute atomic E-state index is 0.304. The standard InChI is InChI=1S/C18H15N5O3/c1-25-13-6-5-12-14(15(13)26-2)21-18(23-9-8-20-16(12)23)22-17(24)11-4-3-7-19-10-11/h3-10H,1-2H3,(H,20,21,22,24)/p+1. The summed E-state index contributed by atoms with van der Waals surface area (Å²) in [7, 11) is 3.12. The summed E-state index contributed by atoms with van der Waals surface area (Å²) in [5.74, 6) is 1.11. The fraction of sp³-hybridized carbons (Fsp3) is 0.111. The van der Waals surface area contributed by atoms with E-state index in [0.717, 1.165) is 11.0 Å². The first kappa shape index (κ1) is 15.8. The van der Waals surface area contributed by atoms with E-state index in [2.05, 4.69) is 20.3 Å². The van der Waals surface area contributed by atoms with Crippen molar-refractivity contribution in [3.8, 4) is 11.5 Å². The maximum atomic E-state index is 12.5. The lowest BCUT2D eigenvalue weighted by Gasteiger charge is -2.09. The highest BCUT2D eigenvalue weighted by Gasteiger charge is 2.23. The maximum Gasteiger partial charge on any atom is 0.360 e. The zero-order valence-electron chi connectivity index (χ0n) is 14.2. The number of fused-ring (bicyclic) bond motifs is 3. The number of anilines is 1. The lowest BCUT2D eigenvalue weighted by atomic mass is 10.2. The first-order valence-electron chi connectivity index (χ1n) is 7.87. The highest BCUT2D eigenvalue weighted by atomic mass is 16.5. The molecule has 3 aromatic heterocycles. The zero-order chi connectivity index (χ0) is 18.1. The molecule has 4 rings (SSSR count). The molecular formula is C18H16N5O3+. The second-order valence-electron chi connectivity index (χ2n) is 5.51. The molecule has 0 radical (unpaired) electrons. The number of benzene rings is 1. The van der Waals surface area contributed by atoms with Crippen LogP contribution in [0.3, 0.4) is 0 Å². The number of pyridine rings is 1. The molecule has 0 atom stereocenters. The van der Waals surface area contributed by atoms with E-state index >= 15 is 0 Å². The van der Waals surface area contributed by atoms with E-state index < -0.39 is 0 Å². The van der Waals surface area contributed by atoms with E-state index in [-0.39, 0.29) is 5.91 Å². The molecule has 0 spiro atoms. The Morgan fingerprint density at radius 3 is 2.85 bits per heavy atom. The second kappa shape index (κ2) is 6.32. The third-order valence-corrected chi connectivity index (χ3v) is 4.05. The molecule has 26 heavy (non-hydrogen) atoms. The number of carbonyl (C=O) groups excluding carboxylic acids is 1. The van der Waals surface area contributed by atoms with Gasteiger partial charge in [0.25, 0.3) is 0 Å². The van der Waals surface area contributed by atoms with Gasteiger partial charge in [-0.3, -0.25) is 14.8 Å². The Balaban J connectivity index is 1.90. The summed E-state index contributed by atoms with van der Waals surface area (Å²) in [6.07, 6.45) is 6.67. The van der Waals surface area contributed by atoms with Crippen molar-refractivity contribution in [1.82, 2.24) is 15.0 Å². The van der Waals surface area contributed by atoms with Crippen LogP contribution < -0.4 is 19.2 Å². The van der Waals surface area contributed by atoms with Gasteiger partial charge in [-0.2, -0.15) is 4.40 Å². The van der Waals surface area contributed by atoms with Gasteiger partial charge in [-0.05, 0) is 24.3 Å². The highest BCUT2D eigenvalue weighted by Crippen LogP contribution is 2.35. The smallest absolute Gasteiger partial charge is 0.360 e. The van der Waals surface area contributed by atoms with Gasteiger partial charge in [0.15, 0.2) is 17.0 Å². The van der Waals surface area contributed by atoms with E-state index in [1.165, 1.54) is 6.20 Å². The summed E-state index contributed by atoms with van der Waals surface area (Å²) in [5, 5.41) is 3.66. The van der Waals surface area contributed by atoms with Crippen LogP contribution in [-0.2, 0) is 0 Å². The molecule has 8 nitrogen and oxygen atoms in total. The molecule has 1 aromatic carbocycles. The van der Waals surface area contributed by atoms with Gasteiger partial charge in [0.1, 0.15) is 0 Å². The van der Waals surface area contributed by atoms with Gasteiger partial charge >= 0.3 is 11.9 Å². The maximum absolute atomic E-state index is 12.5. The second-order valence-corrected chi connectivity index (χ2v) is 5.51. The van der Waals surface area contributed by atoms with E-state index in [9.17, 15) is 4.79 Å². The van der Waals surface area contributed by atoms with Crippen molar-refractivity contribution in [3.05, 3.63) is 54.6 Å². The van der Waals surface area contributed by atoms with Crippen LogP contribution in [-0.4, -0.2) is 35.1 Å². The fourth-order valence-corrected chi connectivity index (χ4v) is 2.85. The largest absolute Gasteiger partial charge is 0.493 e. The van der Waals surface area contributed by atoms with Crippen LogP contribution in [0.15, 0.2) is 49.1 Å². The van der Waals surface area contributed by atoms with Gasteiger partial charge in [0, 0.05) is 12.4 Å². The topological polar surface area (TPSA) is 93.2 Å². The molecule has 0 saturated heterocycles. The number of rotatable bonds is 4. The molecule has 3 heterocycles. The van der Waals surface area contributed by atoms with Crippen LogP contribution >= 0.6 is 0 Å². The molecule has 0 aliphatic heterocycles. The van der Waals surface area contributed by atoms with Crippen LogP contribution in [0.4, 0.5) is 5.95 Å². The molecule has 0 fully saturated rings. The van der Waals surface area contributed by atoms with Gasteiger partial charge in [-0.15, -0.1) is 4.98 Å². The molecule has 0 unspecified atom stereocenters. The van der Waals surface area contributed by atoms with Crippen molar-refractivity contribution < 1.29 is 18.7 Å². The Bertz CT molecular complexity index is 1110. The number of carbonyl (C=O) groups is 1. The molecule has 2 N–H and O–H groups in total. The zero-order valence-corrected chi connectivity index (χ0v) is 14.2. The summed E-state index contributed by atoms with van der Waals surface area (Å²) < 4.78 is 12.6. The molecular weight excluding hydrogens is 334 g/mol. The van der Waals surface area contributed by atoms with Crippen LogP contribution in [0, 0.1) is 0 Å². The molecule has 1 amide bonds. The van der Waals surface area contributed by atoms with Crippen molar-refractivity contribution in [3.63, 3.8) is 0 Å². The molecule has 0 aliphatic carbocycles. The minimum atomic E-state index is -0.304. The summed E-state index contributed by atoms with van der Waals surface area (Å²) >= 11 is 0. The number of hydrogen-bond acceptors (Lipinski definition) is 5.